The van der Waals surface area contributed by atoms with E-state index in [9.17, 15) is 19.5 Å². The van der Waals surface area contributed by atoms with E-state index in [2.05, 4.69) is 10.6 Å². The van der Waals surface area contributed by atoms with Gasteiger partial charge in [0.25, 0.3) is 0 Å². The second-order valence-corrected chi connectivity index (χ2v) is 7.09. The van der Waals surface area contributed by atoms with Gasteiger partial charge in [-0.3, -0.25) is 9.59 Å². The Balaban J connectivity index is 1.73. The number of hydrogen-bond acceptors (Lipinski definition) is 5. The molecule has 0 fully saturated rings. The predicted octanol–water partition coefficient (Wildman–Crippen LogP) is 1.53. The molecule has 8 nitrogen and oxygen atoms in total. The SMILES string of the molecule is NC(=O)[C@H](Cc1cccc(Cl)c1)NC(=O)C[C@H](O)CNC(=O)OCc1ccccc1. The van der Waals surface area contributed by atoms with Crippen LogP contribution in [0.25, 0.3) is 0 Å². The fourth-order valence-corrected chi connectivity index (χ4v) is 2.85. The lowest BCUT2D eigenvalue weighted by atomic mass is 10.1. The summed E-state index contributed by atoms with van der Waals surface area (Å²) in [4.78, 5) is 35.5. The van der Waals surface area contributed by atoms with E-state index in [1.165, 1.54) is 0 Å². The minimum absolute atomic E-state index is 0.0903. The van der Waals surface area contributed by atoms with Crippen LogP contribution in [0.15, 0.2) is 54.6 Å². The number of alkyl carbamates (subject to hydrolysis) is 1. The monoisotopic (exact) mass is 433 g/mol. The number of nitrogens with two attached hydrogens (primary N) is 1. The molecular formula is C21H24ClN3O5. The third-order valence-corrected chi connectivity index (χ3v) is 4.36. The number of benzene rings is 2. The molecule has 0 bridgehead atoms. The lowest BCUT2D eigenvalue weighted by Crippen LogP contribution is -2.47. The summed E-state index contributed by atoms with van der Waals surface area (Å²) in [6.45, 7) is -0.0936. The normalized spacial score (nSPS) is 12.5. The zero-order valence-corrected chi connectivity index (χ0v) is 17.0. The van der Waals surface area contributed by atoms with Crippen LogP contribution in [0.3, 0.4) is 0 Å². The summed E-state index contributed by atoms with van der Waals surface area (Å²) < 4.78 is 5.02. The van der Waals surface area contributed by atoms with E-state index in [1.807, 2.05) is 30.3 Å². The number of aliphatic hydroxyl groups excluding tert-OH is 1. The number of rotatable bonds is 10. The van der Waals surface area contributed by atoms with Crippen LogP contribution in [0.1, 0.15) is 17.5 Å². The number of carbonyl (C=O) groups is 3. The smallest absolute Gasteiger partial charge is 0.407 e. The van der Waals surface area contributed by atoms with E-state index in [0.717, 1.165) is 11.1 Å². The van der Waals surface area contributed by atoms with E-state index in [1.54, 1.807) is 24.3 Å². The van der Waals surface area contributed by atoms with Crippen molar-refractivity contribution in [2.45, 2.75) is 31.6 Å². The van der Waals surface area contributed by atoms with Gasteiger partial charge >= 0.3 is 6.09 Å². The van der Waals surface area contributed by atoms with Crippen LogP contribution in [-0.4, -0.2) is 41.7 Å². The summed E-state index contributed by atoms with van der Waals surface area (Å²) in [5.41, 5.74) is 6.91. The van der Waals surface area contributed by atoms with Crippen molar-refractivity contribution >= 4 is 29.5 Å². The van der Waals surface area contributed by atoms with Crippen molar-refractivity contribution in [1.29, 1.82) is 0 Å². The molecule has 9 heteroatoms. The summed E-state index contributed by atoms with van der Waals surface area (Å²) in [5, 5.41) is 15.3. The molecule has 0 aliphatic rings. The molecule has 0 aromatic heterocycles. The van der Waals surface area contributed by atoms with Crippen LogP contribution in [0.2, 0.25) is 5.02 Å². The van der Waals surface area contributed by atoms with Gasteiger partial charge in [-0.15, -0.1) is 0 Å². The minimum atomic E-state index is -1.16. The number of hydrogen-bond donors (Lipinski definition) is 4. The first-order chi connectivity index (χ1) is 14.3. The number of carbonyl (C=O) groups excluding carboxylic acids is 3. The highest BCUT2D eigenvalue weighted by Crippen LogP contribution is 2.12. The fraction of sp³-hybridized carbons (Fsp3) is 0.286. The van der Waals surface area contributed by atoms with Gasteiger partial charge in [-0.2, -0.15) is 0 Å². The maximum absolute atomic E-state index is 12.1. The molecule has 0 radical (unpaired) electrons. The van der Waals surface area contributed by atoms with Gasteiger partial charge in [0, 0.05) is 18.0 Å². The average molecular weight is 434 g/mol. The van der Waals surface area contributed by atoms with Crippen molar-refractivity contribution in [2.75, 3.05) is 6.54 Å². The van der Waals surface area contributed by atoms with Gasteiger partial charge < -0.3 is 26.2 Å². The van der Waals surface area contributed by atoms with Crippen LogP contribution in [0.5, 0.6) is 0 Å². The molecule has 5 N–H and O–H groups in total. The Morgan fingerprint density at radius 1 is 1.07 bits per heavy atom. The highest BCUT2D eigenvalue weighted by molar-refractivity contribution is 6.30. The molecule has 2 rings (SSSR count). The van der Waals surface area contributed by atoms with E-state index in [4.69, 9.17) is 22.1 Å². The number of nitrogens with one attached hydrogen (secondary N) is 2. The third kappa shape index (κ3) is 8.50. The lowest BCUT2D eigenvalue weighted by Gasteiger charge is -2.17. The van der Waals surface area contributed by atoms with E-state index in [-0.39, 0.29) is 26.0 Å². The van der Waals surface area contributed by atoms with Gasteiger partial charge in [0.2, 0.25) is 11.8 Å². The van der Waals surface area contributed by atoms with Crippen molar-refractivity contribution in [1.82, 2.24) is 10.6 Å². The number of amides is 3. The van der Waals surface area contributed by atoms with Crippen LogP contribution >= 0.6 is 11.6 Å². The maximum Gasteiger partial charge on any atom is 0.407 e. The zero-order chi connectivity index (χ0) is 21.9. The maximum atomic E-state index is 12.1. The summed E-state index contributed by atoms with van der Waals surface area (Å²) in [6.07, 6.45) is -2.02. The first-order valence-electron chi connectivity index (χ1n) is 9.29. The summed E-state index contributed by atoms with van der Waals surface area (Å²) in [6, 6.07) is 15.0. The second-order valence-electron chi connectivity index (χ2n) is 6.66. The molecule has 0 saturated carbocycles. The highest BCUT2D eigenvalue weighted by Gasteiger charge is 2.21. The number of primary amides is 1. The molecule has 3 amide bonds. The topological polar surface area (TPSA) is 131 Å². The molecule has 2 atom stereocenters. The highest BCUT2D eigenvalue weighted by atomic mass is 35.5. The Hall–Kier alpha value is -3.10. The fourth-order valence-electron chi connectivity index (χ4n) is 2.64. The van der Waals surface area contributed by atoms with Crippen molar-refractivity contribution in [3.05, 3.63) is 70.7 Å². The van der Waals surface area contributed by atoms with Crippen LogP contribution in [0, 0.1) is 0 Å². The summed E-state index contributed by atoms with van der Waals surface area (Å²) in [7, 11) is 0. The molecule has 30 heavy (non-hydrogen) atoms. The first kappa shape index (κ1) is 23.2. The molecule has 2 aromatic rings. The third-order valence-electron chi connectivity index (χ3n) is 4.12. The zero-order valence-electron chi connectivity index (χ0n) is 16.2. The van der Waals surface area contributed by atoms with Gasteiger partial charge in [-0.1, -0.05) is 54.1 Å². The molecule has 0 saturated heterocycles. The molecule has 0 unspecified atom stereocenters. The first-order valence-corrected chi connectivity index (χ1v) is 9.67. The van der Waals surface area contributed by atoms with Gasteiger partial charge in [0.1, 0.15) is 12.6 Å². The van der Waals surface area contributed by atoms with Gasteiger partial charge in [0.15, 0.2) is 0 Å². The molecule has 0 aliphatic heterocycles. The Labute approximate surface area is 179 Å². The number of ether oxygens (including phenoxy) is 1. The Kier molecular flexibility index (Phi) is 9.11. The van der Waals surface area contributed by atoms with Crippen molar-refractivity contribution in [3.63, 3.8) is 0 Å². The van der Waals surface area contributed by atoms with Gasteiger partial charge in [-0.25, -0.2) is 4.79 Å². The number of aliphatic hydroxyl groups is 1. The summed E-state index contributed by atoms with van der Waals surface area (Å²) in [5.74, 6) is -1.28. The lowest BCUT2D eigenvalue weighted by molar-refractivity contribution is -0.128. The van der Waals surface area contributed by atoms with Crippen molar-refractivity contribution in [3.8, 4) is 0 Å². The number of halogens is 1. The van der Waals surface area contributed by atoms with E-state index < -0.39 is 30.1 Å². The quantitative estimate of drug-likeness (QED) is 0.451. The van der Waals surface area contributed by atoms with Crippen molar-refractivity contribution in [2.24, 2.45) is 5.73 Å². The summed E-state index contributed by atoms with van der Waals surface area (Å²) >= 11 is 5.92. The van der Waals surface area contributed by atoms with Gasteiger partial charge in [0.05, 0.1) is 12.5 Å². The molecule has 0 spiro atoms. The predicted molar refractivity (Wildman–Crippen MR) is 112 cm³/mol. The van der Waals surface area contributed by atoms with E-state index >= 15 is 0 Å². The molecule has 160 valence electrons. The van der Waals surface area contributed by atoms with E-state index in [0.29, 0.717) is 5.02 Å². The van der Waals surface area contributed by atoms with Crippen LogP contribution in [-0.2, 0) is 27.4 Å². The Morgan fingerprint density at radius 3 is 2.43 bits per heavy atom. The average Bonchev–Trinajstić information content (AvgIpc) is 2.71. The Morgan fingerprint density at radius 2 is 1.77 bits per heavy atom. The Bertz CT molecular complexity index is 863. The largest absolute Gasteiger partial charge is 0.445 e. The molecule has 2 aromatic carbocycles. The van der Waals surface area contributed by atoms with Crippen molar-refractivity contribution < 1.29 is 24.2 Å². The minimum Gasteiger partial charge on any atom is -0.445 e. The van der Waals surface area contributed by atoms with Crippen LogP contribution < -0.4 is 16.4 Å². The second kappa shape index (κ2) is 11.8. The van der Waals surface area contributed by atoms with Gasteiger partial charge in [-0.05, 0) is 23.3 Å². The molecule has 0 heterocycles. The van der Waals surface area contributed by atoms with Crippen LogP contribution in [0.4, 0.5) is 4.79 Å². The molecular weight excluding hydrogens is 410 g/mol. The standard InChI is InChI=1S/C21H24ClN3O5/c22-16-8-4-7-15(9-16)10-18(20(23)28)25-19(27)11-17(26)12-24-21(29)30-13-14-5-2-1-3-6-14/h1-9,17-18,26H,10-13H2,(H2,23,28)(H,24,29)(H,25,27)/t17-,18-/m0/s1. The molecule has 0 aliphatic carbocycles.